The van der Waals surface area contributed by atoms with Gasteiger partial charge in [-0.3, -0.25) is 0 Å². The number of halogens is 1. The summed E-state index contributed by atoms with van der Waals surface area (Å²) in [7, 11) is 0. The van der Waals surface area contributed by atoms with E-state index >= 15 is 0 Å². The lowest BCUT2D eigenvalue weighted by Gasteiger charge is -2.07. The molecule has 0 atom stereocenters. The van der Waals surface area contributed by atoms with Crippen molar-refractivity contribution >= 4 is 39.6 Å². The van der Waals surface area contributed by atoms with Crippen molar-refractivity contribution in [1.82, 2.24) is 0 Å². The van der Waals surface area contributed by atoms with E-state index < -0.39 is 5.97 Å². The first kappa shape index (κ1) is 16.6. The third kappa shape index (κ3) is 4.11. The normalized spacial score (nSPS) is 10.3. The number of carbonyl (C=O) groups excluding carboxylic acids is 1. The highest BCUT2D eigenvalue weighted by molar-refractivity contribution is 9.10. The van der Waals surface area contributed by atoms with Gasteiger partial charge in [-0.1, -0.05) is 11.8 Å². The molecule has 6 heteroatoms. The molecule has 0 saturated carbocycles. The van der Waals surface area contributed by atoms with E-state index in [-0.39, 0.29) is 11.5 Å². The Labute approximate surface area is 140 Å². The number of hydrogen-bond donors (Lipinski definition) is 1. The second kappa shape index (κ2) is 7.47. The second-order valence-corrected chi connectivity index (χ2v) is 6.29. The lowest BCUT2D eigenvalue weighted by molar-refractivity contribution is 0.0524. The number of carboxylic acid groups (broad SMARTS) is 1. The lowest BCUT2D eigenvalue weighted by atomic mass is 10.2. The van der Waals surface area contributed by atoms with Crippen LogP contribution in [0.25, 0.3) is 0 Å². The monoisotopic (exact) mass is 380 g/mol. The van der Waals surface area contributed by atoms with Gasteiger partial charge in [-0.05, 0) is 65.3 Å². The molecule has 0 aliphatic rings. The number of ether oxygens (including phenoxy) is 1. The maximum absolute atomic E-state index is 11.9. The first-order chi connectivity index (χ1) is 10.5. The second-order valence-electron chi connectivity index (χ2n) is 4.29. The Bertz CT molecular complexity index is 698. The number of aromatic carboxylic acids is 1. The van der Waals surface area contributed by atoms with Gasteiger partial charge in [-0.25, -0.2) is 9.59 Å². The van der Waals surface area contributed by atoms with Gasteiger partial charge in [0.1, 0.15) is 0 Å². The van der Waals surface area contributed by atoms with Crippen LogP contribution in [0.15, 0.2) is 56.7 Å². The summed E-state index contributed by atoms with van der Waals surface area (Å²) in [4.78, 5) is 24.4. The van der Waals surface area contributed by atoms with Crippen LogP contribution in [0.2, 0.25) is 0 Å². The average Bonchev–Trinajstić information content (AvgIpc) is 2.50. The Kier molecular flexibility index (Phi) is 5.63. The van der Waals surface area contributed by atoms with E-state index in [1.807, 2.05) is 6.07 Å². The number of carboxylic acids is 1. The van der Waals surface area contributed by atoms with Crippen LogP contribution < -0.4 is 0 Å². The Balaban J connectivity index is 2.21. The molecule has 0 aromatic heterocycles. The van der Waals surface area contributed by atoms with Crippen molar-refractivity contribution in [3.05, 3.63) is 58.1 Å². The third-order valence-corrected chi connectivity index (χ3v) is 4.46. The van der Waals surface area contributed by atoms with Crippen LogP contribution in [0.1, 0.15) is 27.6 Å². The Hall–Kier alpha value is -1.79. The minimum absolute atomic E-state index is 0.243. The van der Waals surface area contributed by atoms with Gasteiger partial charge in [-0.15, -0.1) is 0 Å². The van der Waals surface area contributed by atoms with Crippen molar-refractivity contribution in [1.29, 1.82) is 0 Å². The van der Waals surface area contributed by atoms with Crippen LogP contribution in [-0.4, -0.2) is 23.7 Å². The molecule has 1 N–H and O–H groups in total. The lowest BCUT2D eigenvalue weighted by Crippen LogP contribution is -2.05. The minimum atomic E-state index is -0.954. The van der Waals surface area contributed by atoms with E-state index in [4.69, 9.17) is 9.84 Å². The van der Waals surface area contributed by atoms with E-state index in [2.05, 4.69) is 15.9 Å². The summed E-state index contributed by atoms with van der Waals surface area (Å²) in [5, 5.41) is 8.88. The molecule has 0 unspecified atom stereocenters. The minimum Gasteiger partial charge on any atom is -0.478 e. The zero-order valence-corrected chi connectivity index (χ0v) is 14.1. The molecule has 2 rings (SSSR count). The van der Waals surface area contributed by atoms with Gasteiger partial charge >= 0.3 is 11.9 Å². The first-order valence-electron chi connectivity index (χ1n) is 6.49. The molecule has 0 radical (unpaired) electrons. The largest absolute Gasteiger partial charge is 0.478 e. The van der Waals surface area contributed by atoms with E-state index in [1.54, 1.807) is 43.3 Å². The Morgan fingerprint density at radius 1 is 1.14 bits per heavy atom. The zero-order chi connectivity index (χ0) is 16.1. The van der Waals surface area contributed by atoms with Gasteiger partial charge in [0, 0.05) is 14.3 Å². The number of esters is 1. The van der Waals surface area contributed by atoms with Crippen molar-refractivity contribution < 1.29 is 19.4 Å². The van der Waals surface area contributed by atoms with Crippen LogP contribution in [0, 0.1) is 0 Å². The summed E-state index contributed by atoms with van der Waals surface area (Å²) < 4.78 is 5.69. The molecule has 2 aromatic carbocycles. The molecule has 0 fully saturated rings. The summed E-state index contributed by atoms with van der Waals surface area (Å²) in [5.74, 6) is -1.33. The summed E-state index contributed by atoms with van der Waals surface area (Å²) in [6.07, 6.45) is 0. The number of hydrogen-bond acceptors (Lipinski definition) is 4. The zero-order valence-electron chi connectivity index (χ0n) is 11.7. The standard InChI is InChI=1S/C16H13BrO4S/c1-2-21-16(20)13-9-12(7-8-14(13)17)22-11-5-3-10(4-6-11)15(18)19/h3-9H,2H2,1H3,(H,18,19). The van der Waals surface area contributed by atoms with Crippen LogP contribution in [0.4, 0.5) is 0 Å². The van der Waals surface area contributed by atoms with Gasteiger partial charge in [0.2, 0.25) is 0 Å². The van der Waals surface area contributed by atoms with E-state index in [0.717, 1.165) is 9.79 Å². The maximum atomic E-state index is 11.9. The SMILES string of the molecule is CCOC(=O)c1cc(Sc2ccc(C(=O)O)cc2)ccc1Br. The molecule has 0 bridgehead atoms. The van der Waals surface area contributed by atoms with E-state index in [9.17, 15) is 9.59 Å². The highest BCUT2D eigenvalue weighted by atomic mass is 79.9. The van der Waals surface area contributed by atoms with Gasteiger partial charge < -0.3 is 9.84 Å². The van der Waals surface area contributed by atoms with Crippen LogP contribution >= 0.6 is 27.7 Å². The molecular formula is C16H13BrO4S. The molecule has 0 aliphatic carbocycles. The molecule has 4 nitrogen and oxygen atoms in total. The molecule has 0 saturated heterocycles. The summed E-state index contributed by atoms with van der Waals surface area (Å²) in [6, 6.07) is 12.0. The Morgan fingerprint density at radius 3 is 2.36 bits per heavy atom. The van der Waals surface area contributed by atoms with Crippen molar-refractivity contribution in [3.8, 4) is 0 Å². The topological polar surface area (TPSA) is 63.6 Å². The van der Waals surface area contributed by atoms with Crippen LogP contribution in [0.5, 0.6) is 0 Å². The predicted octanol–water partition coefficient (Wildman–Crippen LogP) is 4.48. The van der Waals surface area contributed by atoms with Crippen molar-refractivity contribution in [2.75, 3.05) is 6.61 Å². The highest BCUT2D eigenvalue weighted by Gasteiger charge is 2.12. The van der Waals surface area contributed by atoms with Gasteiger partial charge in [0.05, 0.1) is 17.7 Å². The quantitative estimate of drug-likeness (QED) is 0.774. The van der Waals surface area contributed by atoms with Gasteiger partial charge in [0.25, 0.3) is 0 Å². The molecule has 0 aliphatic heterocycles. The Morgan fingerprint density at radius 2 is 1.77 bits per heavy atom. The molecule has 2 aromatic rings. The predicted molar refractivity (Wildman–Crippen MR) is 87.6 cm³/mol. The van der Waals surface area contributed by atoms with Crippen molar-refractivity contribution in [2.24, 2.45) is 0 Å². The van der Waals surface area contributed by atoms with Crippen LogP contribution in [-0.2, 0) is 4.74 Å². The maximum Gasteiger partial charge on any atom is 0.339 e. The number of carbonyl (C=O) groups is 2. The number of rotatable bonds is 5. The molecule has 0 heterocycles. The summed E-state index contributed by atoms with van der Waals surface area (Å²) >= 11 is 4.78. The first-order valence-corrected chi connectivity index (χ1v) is 8.10. The third-order valence-electron chi connectivity index (χ3n) is 2.77. The smallest absolute Gasteiger partial charge is 0.339 e. The van der Waals surface area contributed by atoms with Crippen LogP contribution in [0.3, 0.4) is 0 Å². The van der Waals surface area contributed by atoms with Crippen molar-refractivity contribution in [3.63, 3.8) is 0 Å². The van der Waals surface area contributed by atoms with E-state index in [0.29, 0.717) is 16.6 Å². The molecule has 22 heavy (non-hydrogen) atoms. The fourth-order valence-corrected chi connectivity index (χ4v) is 3.00. The van der Waals surface area contributed by atoms with Gasteiger partial charge in [-0.2, -0.15) is 0 Å². The molecule has 0 amide bonds. The van der Waals surface area contributed by atoms with Crippen molar-refractivity contribution in [2.45, 2.75) is 16.7 Å². The average molecular weight is 381 g/mol. The van der Waals surface area contributed by atoms with Gasteiger partial charge in [0.15, 0.2) is 0 Å². The fourth-order valence-electron chi connectivity index (χ4n) is 1.73. The molecular weight excluding hydrogens is 368 g/mol. The summed E-state index contributed by atoms with van der Waals surface area (Å²) in [6.45, 7) is 2.08. The number of benzene rings is 2. The highest BCUT2D eigenvalue weighted by Crippen LogP contribution is 2.31. The summed E-state index contributed by atoms with van der Waals surface area (Å²) in [5.41, 5.74) is 0.710. The van der Waals surface area contributed by atoms with E-state index in [1.165, 1.54) is 11.8 Å². The molecule has 114 valence electrons. The fraction of sp³-hybridized carbons (Fsp3) is 0.125. The molecule has 0 spiro atoms.